The van der Waals surface area contributed by atoms with Crippen LogP contribution in [0.3, 0.4) is 0 Å². The Morgan fingerprint density at radius 2 is 1.39 bits per heavy atom. The highest BCUT2D eigenvalue weighted by Gasteiger charge is 2.29. The number of hydrazone groups is 1. The molecule has 2 N–H and O–H groups in total. The third kappa shape index (κ3) is 7.80. The van der Waals surface area contributed by atoms with E-state index in [0.717, 1.165) is 10.6 Å². The van der Waals surface area contributed by atoms with Gasteiger partial charge in [-0.3, -0.25) is 13.9 Å². The van der Waals surface area contributed by atoms with E-state index in [1.165, 1.54) is 6.92 Å². The molecule has 41 heavy (non-hydrogen) atoms. The first-order valence-corrected chi connectivity index (χ1v) is 14.6. The maximum Gasteiger partial charge on any atom is 0.263 e. The standard InChI is InChI=1S/C31H30N4O5S/c1-22(25-13-10-14-26(21-25)32-31(37)24-11-6-4-7-12-24)33-34-30(36)23(2)35(41(3,38)39)27-17-19-29(20-18-27)40-28-15-8-5-9-16-28/h4-21,23H,1-3H3,(H,32,37)(H,34,36)/b33-22-/t23-/m0/s1. The minimum atomic E-state index is -3.82. The molecular weight excluding hydrogens is 540 g/mol. The van der Waals surface area contributed by atoms with Crippen molar-refractivity contribution in [3.8, 4) is 11.5 Å². The highest BCUT2D eigenvalue weighted by Crippen LogP contribution is 2.27. The molecule has 4 rings (SSSR count). The first-order valence-electron chi connectivity index (χ1n) is 12.7. The van der Waals surface area contributed by atoms with Crippen LogP contribution in [0.25, 0.3) is 0 Å². The Bertz CT molecular complexity index is 1640. The molecule has 0 radical (unpaired) electrons. The predicted molar refractivity (Wildman–Crippen MR) is 161 cm³/mol. The van der Waals surface area contributed by atoms with Crippen LogP contribution >= 0.6 is 0 Å². The molecule has 4 aromatic carbocycles. The molecule has 0 spiro atoms. The number of amides is 2. The second-order valence-electron chi connectivity index (χ2n) is 9.22. The second-order valence-corrected chi connectivity index (χ2v) is 11.1. The molecular formula is C31H30N4O5S. The zero-order valence-electron chi connectivity index (χ0n) is 22.8. The number of hydrogen-bond donors (Lipinski definition) is 2. The summed E-state index contributed by atoms with van der Waals surface area (Å²) in [5.41, 5.74) is 4.99. The molecule has 10 heteroatoms. The lowest BCUT2D eigenvalue weighted by molar-refractivity contribution is -0.121. The highest BCUT2D eigenvalue weighted by atomic mass is 32.2. The van der Waals surface area contributed by atoms with E-state index in [1.54, 1.807) is 79.7 Å². The maximum atomic E-state index is 13.0. The monoisotopic (exact) mass is 570 g/mol. The number of benzene rings is 4. The topological polar surface area (TPSA) is 117 Å². The molecule has 2 amide bonds. The van der Waals surface area contributed by atoms with Gasteiger partial charge in [0.25, 0.3) is 11.8 Å². The Balaban J connectivity index is 1.44. The lowest BCUT2D eigenvalue weighted by atomic mass is 10.1. The van der Waals surface area contributed by atoms with E-state index in [0.29, 0.717) is 39.7 Å². The van der Waals surface area contributed by atoms with E-state index >= 15 is 0 Å². The molecule has 0 saturated carbocycles. The van der Waals surface area contributed by atoms with Crippen LogP contribution in [0, 0.1) is 0 Å². The van der Waals surface area contributed by atoms with Gasteiger partial charge in [0.1, 0.15) is 17.5 Å². The summed E-state index contributed by atoms with van der Waals surface area (Å²) in [5.74, 6) is 0.297. The summed E-state index contributed by atoms with van der Waals surface area (Å²) >= 11 is 0. The molecule has 0 saturated heterocycles. The van der Waals surface area contributed by atoms with Gasteiger partial charge in [0.15, 0.2) is 0 Å². The Hall–Kier alpha value is -4.96. The first-order chi connectivity index (χ1) is 19.6. The minimum absolute atomic E-state index is 0.250. The molecule has 0 aromatic heterocycles. The van der Waals surface area contributed by atoms with Gasteiger partial charge in [0.2, 0.25) is 10.0 Å². The van der Waals surface area contributed by atoms with E-state index in [9.17, 15) is 18.0 Å². The van der Waals surface area contributed by atoms with E-state index in [4.69, 9.17) is 4.74 Å². The Labute approximate surface area is 239 Å². The molecule has 4 aromatic rings. The van der Waals surface area contributed by atoms with Gasteiger partial charge in [0, 0.05) is 11.3 Å². The summed E-state index contributed by atoms with van der Waals surface area (Å²) in [4.78, 5) is 25.5. The largest absolute Gasteiger partial charge is 0.457 e. The summed E-state index contributed by atoms with van der Waals surface area (Å²) in [6, 6.07) is 30.4. The van der Waals surface area contributed by atoms with E-state index in [1.807, 2.05) is 36.4 Å². The molecule has 0 fully saturated rings. The Morgan fingerprint density at radius 1 is 0.805 bits per heavy atom. The van der Waals surface area contributed by atoms with Gasteiger partial charge in [0.05, 0.1) is 17.7 Å². The van der Waals surface area contributed by atoms with Gasteiger partial charge < -0.3 is 10.1 Å². The van der Waals surface area contributed by atoms with Crippen LogP contribution in [-0.2, 0) is 14.8 Å². The number of carbonyl (C=O) groups excluding carboxylic acids is 2. The smallest absolute Gasteiger partial charge is 0.263 e. The van der Waals surface area contributed by atoms with Crippen molar-refractivity contribution in [2.75, 3.05) is 15.9 Å². The van der Waals surface area contributed by atoms with E-state index in [2.05, 4.69) is 15.8 Å². The average Bonchev–Trinajstić information content (AvgIpc) is 2.97. The third-order valence-electron chi connectivity index (χ3n) is 6.07. The second kappa shape index (κ2) is 12.9. The summed E-state index contributed by atoms with van der Waals surface area (Å²) in [7, 11) is -3.82. The van der Waals surface area contributed by atoms with Crippen LogP contribution < -0.4 is 19.8 Å². The quantitative estimate of drug-likeness (QED) is 0.195. The van der Waals surface area contributed by atoms with Crippen molar-refractivity contribution in [3.63, 3.8) is 0 Å². The highest BCUT2D eigenvalue weighted by molar-refractivity contribution is 7.92. The van der Waals surface area contributed by atoms with Crippen LogP contribution in [0.1, 0.15) is 29.8 Å². The predicted octanol–water partition coefficient (Wildman–Crippen LogP) is 5.43. The molecule has 0 unspecified atom stereocenters. The molecule has 1 atom stereocenters. The molecule has 0 aliphatic carbocycles. The van der Waals surface area contributed by atoms with E-state index < -0.39 is 22.0 Å². The van der Waals surface area contributed by atoms with E-state index in [-0.39, 0.29) is 5.91 Å². The van der Waals surface area contributed by atoms with Gasteiger partial charge in [-0.15, -0.1) is 0 Å². The summed E-state index contributed by atoms with van der Waals surface area (Å²) in [6.07, 6.45) is 1.04. The fraction of sp³-hybridized carbons (Fsp3) is 0.129. The fourth-order valence-electron chi connectivity index (χ4n) is 4.01. The SMILES string of the molecule is C/C(=N/NC(=O)[C@H](C)N(c1ccc(Oc2ccccc2)cc1)S(C)(=O)=O)c1cccc(NC(=O)c2ccccc2)c1. The van der Waals surface area contributed by atoms with Gasteiger partial charge in [-0.1, -0.05) is 48.5 Å². The third-order valence-corrected chi connectivity index (χ3v) is 7.31. The van der Waals surface area contributed by atoms with Crippen molar-refractivity contribution in [2.45, 2.75) is 19.9 Å². The normalized spacial score (nSPS) is 12.2. The van der Waals surface area contributed by atoms with Gasteiger partial charge in [-0.25, -0.2) is 13.8 Å². The van der Waals surface area contributed by atoms with Crippen molar-refractivity contribution in [1.82, 2.24) is 5.43 Å². The van der Waals surface area contributed by atoms with Crippen molar-refractivity contribution in [3.05, 3.63) is 120 Å². The molecule has 0 aliphatic heterocycles. The van der Waals surface area contributed by atoms with Crippen LogP contribution in [0.15, 0.2) is 114 Å². The number of hydrogen-bond acceptors (Lipinski definition) is 6. The maximum absolute atomic E-state index is 13.0. The van der Waals surface area contributed by atoms with Crippen LogP contribution in [-0.4, -0.2) is 38.2 Å². The van der Waals surface area contributed by atoms with Gasteiger partial charge >= 0.3 is 0 Å². The number of rotatable bonds is 10. The average molecular weight is 571 g/mol. The van der Waals surface area contributed by atoms with Crippen LogP contribution in [0.2, 0.25) is 0 Å². The number of anilines is 2. The van der Waals surface area contributed by atoms with Crippen LogP contribution in [0.4, 0.5) is 11.4 Å². The zero-order chi connectivity index (χ0) is 29.4. The number of para-hydroxylation sites is 1. The van der Waals surface area contributed by atoms with Gasteiger partial charge in [-0.2, -0.15) is 5.10 Å². The number of nitrogens with zero attached hydrogens (tertiary/aromatic N) is 2. The lowest BCUT2D eigenvalue weighted by Crippen LogP contribution is -2.46. The fourth-order valence-corrected chi connectivity index (χ4v) is 5.18. The lowest BCUT2D eigenvalue weighted by Gasteiger charge is -2.27. The summed E-state index contributed by atoms with van der Waals surface area (Å²) in [6.45, 7) is 3.18. The molecule has 0 heterocycles. The number of ether oxygens (including phenoxy) is 1. The Morgan fingerprint density at radius 3 is 2.02 bits per heavy atom. The summed E-state index contributed by atoms with van der Waals surface area (Å²) < 4.78 is 32.2. The molecule has 210 valence electrons. The zero-order valence-corrected chi connectivity index (χ0v) is 23.6. The molecule has 9 nitrogen and oxygen atoms in total. The van der Waals surface area contributed by atoms with Crippen LogP contribution in [0.5, 0.6) is 11.5 Å². The molecule has 0 bridgehead atoms. The summed E-state index contributed by atoms with van der Waals surface area (Å²) in [5, 5.41) is 7.02. The van der Waals surface area contributed by atoms with Crippen molar-refractivity contribution in [1.29, 1.82) is 0 Å². The van der Waals surface area contributed by atoms with Crippen molar-refractivity contribution < 1.29 is 22.7 Å². The Kier molecular flexibility index (Phi) is 9.15. The minimum Gasteiger partial charge on any atom is -0.457 e. The number of carbonyl (C=O) groups is 2. The van der Waals surface area contributed by atoms with Crippen molar-refractivity contribution >= 4 is 38.9 Å². The number of sulfonamides is 1. The van der Waals surface area contributed by atoms with Gasteiger partial charge in [-0.05, 0) is 80.1 Å². The number of nitrogens with one attached hydrogen (secondary N) is 2. The first kappa shape index (κ1) is 29.0. The molecule has 0 aliphatic rings. The van der Waals surface area contributed by atoms with Crippen molar-refractivity contribution in [2.24, 2.45) is 5.10 Å².